The van der Waals surface area contributed by atoms with E-state index in [0.29, 0.717) is 10.6 Å². The maximum absolute atomic E-state index is 12.7. The van der Waals surface area contributed by atoms with E-state index in [1.807, 2.05) is 32.0 Å². The van der Waals surface area contributed by atoms with E-state index in [-0.39, 0.29) is 5.41 Å². The zero-order valence-corrected chi connectivity index (χ0v) is 14.6. The number of nitrogens with one attached hydrogen (secondary N) is 1. The second-order valence-electron chi connectivity index (χ2n) is 6.64. The molecule has 0 radical (unpaired) electrons. The number of hydrogen-bond donors (Lipinski definition) is 1. The first-order valence-electron chi connectivity index (χ1n) is 7.31. The van der Waals surface area contributed by atoms with Crippen LogP contribution in [0.4, 0.5) is 5.69 Å². The first kappa shape index (κ1) is 16.6. The molecule has 0 unspecified atom stereocenters. The Kier molecular flexibility index (Phi) is 4.34. The predicted octanol–water partition coefficient (Wildman–Crippen LogP) is 4.40. The van der Waals surface area contributed by atoms with Gasteiger partial charge in [-0.25, -0.2) is 8.42 Å². The molecule has 0 saturated heterocycles. The quantitative estimate of drug-likeness (QED) is 0.912. The fourth-order valence-corrected chi connectivity index (χ4v) is 3.66. The lowest BCUT2D eigenvalue weighted by Gasteiger charge is -2.22. The molecule has 0 spiro atoms. The molecule has 118 valence electrons. The van der Waals surface area contributed by atoms with Crippen LogP contribution in [0.2, 0.25) is 0 Å². The van der Waals surface area contributed by atoms with Crippen LogP contribution in [0.1, 0.15) is 37.5 Å². The molecule has 0 atom stereocenters. The van der Waals surface area contributed by atoms with Gasteiger partial charge in [0.25, 0.3) is 10.0 Å². The normalized spacial score (nSPS) is 12.2. The van der Waals surface area contributed by atoms with E-state index in [1.165, 1.54) is 0 Å². The fraction of sp³-hybridized carbons (Fsp3) is 0.333. The molecule has 4 heteroatoms. The van der Waals surface area contributed by atoms with Crippen molar-refractivity contribution in [3.63, 3.8) is 0 Å². The van der Waals surface area contributed by atoms with Crippen LogP contribution in [0.5, 0.6) is 0 Å². The highest BCUT2D eigenvalue weighted by molar-refractivity contribution is 7.92. The smallest absolute Gasteiger partial charge is 0.262 e. The summed E-state index contributed by atoms with van der Waals surface area (Å²) in [6.07, 6.45) is 0. The van der Waals surface area contributed by atoms with Gasteiger partial charge >= 0.3 is 0 Å². The second kappa shape index (κ2) is 5.76. The molecular formula is C18H23NO2S. The lowest BCUT2D eigenvalue weighted by atomic mass is 9.85. The molecule has 2 aromatic rings. The number of para-hydroxylation sites is 1. The number of benzene rings is 2. The topological polar surface area (TPSA) is 46.2 Å². The summed E-state index contributed by atoms with van der Waals surface area (Å²) in [6, 6.07) is 12.8. The molecule has 0 bridgehead atoms. The summed E-state index contributed by atoms with van der Waals surface area (Å²) in [5, 5.41) is 0. The van der Waals surface area contributed by atoms with Crippen molar-refractivity contribution >= 4 is 15.7 Å². The van der Waals surface area contributed by atoms with Crippen LogP contribution in [-0.2, 0) is 15.4 Å². The van der Waals surface area contributed by atoms with Crippen LogP contribution in [0.25, 0.3) is 0 Å². The lowest BCUT2D eigenvalue weighted by molar-refractivity contribution is 0.583. The average Bonchev–Trinajstić information content (AvgIpc) is 2.40. The Morgan fingerprint density at radius 3 is 2.09 bits per heavy atom. The zero-order valence-electron chi connectivity index (χ0n) is 13.8. The highest BCUT2D eigenvalue weighted by atomic mass is 32.2. The SMILES string of the molecule is Cc1cc(C(C)(C)C)cc(S(=O)(=O)Nc2ccccc2)c1C. The van der Waals surface area contributed by atoms with E-state index in [9.17, 15) is 8.42 Å². The molecule has 1 N–H and O–H groups in total. The minimum Gasteiger partial charge on any atom is -0.280 e. The molecular weight excluding hydrogens is 294 g/mol. The van der Waals surface area contributed by atoms with Crippen LogP contribution in [0, 0.1) is 13.8 Å². The number of anilines is 1. The van der Waals surface area contributed by atoms with Crippen LogP contribution in [0.15, 0.2) is 47.4 Å². The van der Waals surface area contributed by atoms with Crippen molar-refractivity contribution in [2.75, 3.05) is 4.72 Å². The van der Waals surface area contributed by atoms with E-state index in [0.717, 1.165) is 16.7 Å². The summed E-state index contributed by atoms with van der Waals surface area (Å²) in [6.45, 7) is 10.0. The zero-order chi connectivity index (χ0) is 16.5. The Hall–Kier alpha value is -1.81. The van der Waals surface area contributed by atoms with Crippen molar-refractivity contribution in [2.45, 2.75) is 44.9 Å². The van der Waals surface area contributed by atoms with Gasteiger partial charge in [0.15, 0.2) is 0 Å². The van der Waals surface area contributed by atoms with Crippen molar-refractivity contribution in [1.29, 1.82) is 0 Å². The predicted molar refractivity (Wildman–Crippen MR) is 91.9 cm³/mol. The third-order valence-corrected chi connectivity index (χ3v) is 5.31. The Morgan fingerprint density at radius 1 is 0.955 bits per heavy atom. The van der Waals surface area contributed by atoms with Gasteiger partial charge in [-0.3, -0.25) is 4.72 Å². The van der Waals surface area contributed by atoms with Crippen LogP contribution in [-0.4, -0.2) is 8.42 Å². The van der Waals surface area contributed by atoms with Gasteiger partial charge in [0.05, 0.1) is 4.90 Å². The molecule has 0 fully saturated rings. The largest absolute Gasteiger partial charge is 0.280 e. The number of hydrogen-bond acceptors (Lipinski definition) is 2. The van der Waals surface area contributed by atoms with Crippen molar-refractivity contribution in [1.82, 2.24) is 0 Å². The van der Waals surface area contributed by atoms with Crippen molar-refractivity contribution in [3.05, 3.63) is 59.2 Å². The highest BCUT2D eigenvalue weighted by Crippen LogP contribution is 2.30. The highest BCUT2D eigenvalue weighted by Gasteiger charge is 2.23. The van der Waals surface area contributed by atoms with Gasteiger partial charge in [-0.15, -0.1) is 0 Å². The Morgan fingerprint density at radius 2 is 1.55 bits per heavy atom. The van der Waals surface area contributed by atoms with Crippen molar-refractivity contribution in [2.24, 2.45) is 0 Å². The minimum atomic E-state index is -3.60. The van der Waals surface area contributed by atoms with Gasteiger partial charge in [-0.1, -0.05) is 45.0 Å². The van der Waals surface area contributed by atoms with Crippen LogP contribution >= 0.6 is 0 Å². The van der Waals surface area contributed by atoms with Gasteiger partial charge in [0.2, 0.25) is 0 Å². The summed E-state index contributed by atoms with van der Waals surface area (Å²) in [4.78, 5) is 0.348. The fourth-order valence-electron chi connectivity index (χ4n) is 2.26. The molecule has 2 aromatic carbocycles. The number of rotatable bonds is 3. The Balaban J connectivity index is 2.53. The molecule has 2 rings (SSSR count). The monoisotopic (exact) mass is 317 g/mol. The van der Waals surface area contributed by atoms with Crippen molar-refractivity contribution in [3.8, 4) is 0 Å². The molecule has 0 saturated carbocycles. The van der Waals surface area contributed by atoms with Crippen LogP contribution < -0.4 is 4.72 Å². The minimum absolute atomic E-state index is 0.102. The second-order valence-corrected chi connectivity index (χ2v) is 8.29. The molecule has 0 aliphatic heterocycles. The van der Waals surface area contributed by atoms with E-state index in [4.69, 9.17) is 0 Å². The summed E-state index contributed by atoms with van der Waals surface area (Å²) < 4.78 is 28.1. The van der Waals surface area contributed by atoms with Gasteiger partial charge in [0.1, 0.15) is 0 Å². The summed E-state index contributed by atoms with van der Waals surface area (Å²) in [7, 11) is -3.60. The lowest BCUT2D eigenvalue weighted by Crippen LogP contribution is -2.18. The summed E-state index contributed by atoms with van der Waals surface area (Å²) in [5.41, 5.74) is 3.26. The van der Waals surface area contributed by atoms with Crippen LogP contribution in [0.3, 0.4) is 0 Å². The first-order chi connectivity index (χ1) is 10.1. The molecule has 0 aliphatic carbocycles. The van der Waals surface area contributed by atoms with E-state index < -0.39 is 10.0 Å². The standard InChI is InChI=1S/C18H23NO2S/c1-13-11-15(18(3,4)5)12-17(14(13)2)22(20,21)19-16-9-7-6-8-10-16/h6-12,19H,1-5H3. The molecule has 22 heavy (non-hydrogen) atoms. The Labute approximate surface area is 133 Å². The molecule has 0 amide bonds. The van der Waals surface area contributed by atoms with E-state index in [2.05, 4.69) is 31.6 Å². The molecule has 0 aromatic heterocycles. The van der Waals surface area contributed by atoms with Gasteiger partial charge in [-0.2, -0.15) is 0 Å². The van der Waals surface area contributed by atoms with E-state index in [1.54, 1.807) is 18.2 Å². The third-order valence-electron chi connectivity index (χ3n) is 3.80. The Bertz CT molecular complexity index is 773. The van der Waals surface area contributed by atoms with Gasteiger partial charge in [-0.05, 0) is 54.2 Å². The summed E-state index contributed by atoms with van der Waals surface area (Å²) in [5.74, 6) is 0. The summed E-state index contributed by atoms with van der Waals surface area (Å²) >= 11 is 0. The molecule has 0 aliphatic rings. The van der Waals surface area contributed by atoms with E-state index >= 15 is 0 Å². The van der Waals surface area contributed by atoms with Gasteiger partial charge in [0, 0.05) is 5.69 Å². The van der Waals surface area contributed by atoms with Gasteiger partial charge < -0.3 is 0 Å². The molecule has 3 nitrogen and oxygen atoms in total. The third kappa shape index (κ3) is 3.50. The molecule has 0 heterocycles. The maximum atomic E-state index is 12.7. The van der Waals surface area contributed by atoms with Crippen molar-refractivity contribution < 1.29 is 8.42 Å². The first-order valence-corrected chi connectivity index (χ1v) is 8.79. The number of aryl methyl sites for hydroxylation is 1. The number of sulfonamides is 1. The average molecular weight is 317 g/mol. The maximum Gasteiger partial charge on any atom is 0.262 e.